The van der Waals surface area contributed by atoms with E-state index in [1.807, 2.05) is 0 Å². The molecule has 0 aliphatic carbocycles. The summed E-state index contributed by atoms with van der Waals surface area (Å²) in [5, 5.41) is 4.63. The number of hydrogen-bond donors (Lipinski definition) is 2. The summed E-state index contributed by atoms with van der Waals surface area (Å²) in [4.78, 5) is 16.0. The van der Waals surface area contributed by atoms with Crippen molar-refractivity contribution >= 4 is 11.7 Å². The number of aromatic nitrogens is 1. The summed E-state index contributed by atoms with van der Waals surface area (Å²) in [7, 11) is 0. The molecule has 6 nitrogen and oxygen atoms in total. The molecule has 1 aromatic carbocycles. The van der Waals surface area contributed by atoms with Gasteiger partial charge in [0.05, 0.1) is 17.9 Å². The van der Waals surface area contributed by atoms with Crippen molar-refractivity contribution in [3.05, 3.63) is 48.3 Å². The number of amides is 2. The molecule has 29 heavy (non-hydrogen) atoms. The van der Waals surface area contributed by atoms with Gasteiger partial charge in [-0.15, -0.1) is 0 Å². The molecule has 158 valence electrons. The average molecular weight is 423 g/mol. The highest BCUT2D eigenvalue weighted by Gasteiger charge is 2.30. The molecule has 1 aromatic heterocycles. The van der Waals surface area contributed by atoms with Gasteiger partial charge in [0.25, 0.3) is 0 Å². The van der Waals surface area contributed by atoms with E-state index in [1.165, 1.54) is 6.20 Å². The summed E-state index contributed by atoms with van der Waals surface area (Å²) < 4.78 is 83.2. The Kier molecular flexibility index (Phi) is 7.13. The van der Waals surface area contributed by atoms with Crippen molar-refractivity contribution in [2.24, 2.45) is 0 Å². The minimum absolute atomic E-state index is 0.00960. The smallest absolute Gasteiger partial charge is 0.422 e. The lowest BCUT2D eigenvalue weighted by atomic mass is 10.2. The molecule has 12 heteroatoms. The number of nitrogens with zero attached hydrogens (tertiary/aromatic N) is 1. The lowest BCUT2D eigenvalue weighted by Gasteiger charge is -2.16. The Balaban J connectivity index is 2.09. The van der Waals surface area contributed by atoms with Crippen LogP contribution in [-0.2, 0) is 6.54 Å². The summed E-state index contributed by atoms with van der Waals surface area (Å²) >= 11 is 0. The first-order chi connectivity index (χ1) is 13.5. The van der Waals surface area contributed by atoms with Gasteiger partial charge in [0.2, 0.25) is 0 Å². The van der Waals surface area contributed by atoms with E-state index in [1.54, 1.807) is 18.2 Å². The topological polar surface area (TPSA) is 72.5 Å². The van der Waals surface area contributed by atoms with Crippen LogP contribution in [0.15, 0.2) is 42.6 Å². The Morgan fingerprint density at radius 2 is 1.66 bits per heavy atom. The summed E-state index contributed by atoms with van der Waals surface area (Å²) in [6.45, 7) is -3.25. The van der Waals surface area contributed by atoms with Crippen molar-refractivity contribution in [2.45, 2.75) is 18.9 Å². The fraction of sp³-hybridized carbons (Fsp3) is 0.294. The van der Waals surface area contributed by atoms with Crippen LogP contribution >= 0.6 is 0 Å². The number of benzene rings is 1. The van der Waals surface area contributed by atoms with E-state index in [2.05, 4.69) is 25.1 Å². The van der Waals surface area contributed by atoms with Gasteiger partial charge in [0.15, 0.2) is 13.2 Å². The lowest BCUT2D eigenvalue weighted by molar-refractivity contribution is -0.154. The monoisotopic (exact) mass is 423 g/mol. The van der Waals surface area contributed by atoms with Crippen molar-refractivity contribution in [1.82, 2.24) is 10.3 Å². The maximum Gasteiger partial charge on any atom is 0.422 e. The SMILES string of the molecule is O=C(NCc1ccccn1)Nc1cc(OCC(F)(F)F)ccc1OCC(F)(F)F. The van der Waals surface area contributed by atoms with E-state index in [0.29, 0.717) is 5.69 Å². The van der Waals surface area contributed by atoms with Gasteiger partial charge in [-0.05, 0) is 24.3 Å². The maximum atomic E-state index is 12.4. The zero-order chi connectivity index (χ0) is 21.5. The molecule has 0 bridgehead atoms. The second-order valence-electron chi connectivity index (χ2n) is 5.59. The summed E-state index contributed by atoms with van der Waals surface area (Å²) in [5.74, 6) is -0.712. The highest BCUT2D eigenvalue weighted by atomic mass is 19.4. The van der Waals surface area contributed by atoms with Crippen LogP contribution in [0.2, 0.25) is 0 Å². The number of carbonyl (C=O) groups is 1. The summed E-state index contributed by atoms with van der Waals surface area (Å²) in [6, 6.07) is 7.04. The third-order valence-electron chi connectivity index (χ3n) is 3.15. The van der Waals surface area contributed by atoms with Crippen molar-refractivity contribution in [1.29, 1.82) is 0 Å². The number of hydrogen-bond acceptors (Lipinski definition) is 4. The zero-order valence-electron chi connectivity index (χ0n) is 14.6. The number of halogens is 6. The van der Waals surface area contributed by atoms with E-state index in [9.17, 15) is 31.1 Å². The van der Waals surface area contributed by atoms with E-state index in [0.717, 1.165) is 18.2 Å². The van der Waals surface area contributed by atoms with Crippen LogP contribution in [0, 0.1) is 0 Å². The van der Waals surface area contributed by atoms with Gasteiger partial charge in [-0.25, -0.2) is 4.79 Å². The molecular weight excluding hydrogens is 408 g/mol. The van der Waals surface area contributed by atoms with Crippen LogP contribution in [0.3, 0.4) is 0 Å². The molecule has 0 aliphatic heterocycles. The van der Waals surface area contributed by atoms with Crippen molar-refractivity contribution in [3.8, 4) is 11.5 Å². The zero-order valence-corrected chi connectivity index (χ0v) is 14.6. The molecule has 0 spiro atoms. The third-order valence-corrected chi connectivity index (χ3v) is 3.15. The van der Waals surface area contributed by atoms with Crippen LogP contribution in [-0.4, -0.2) is 36.6 Å². The minimum Gasteiger partial charge on any atom is -0.484 e. The number of alkyl halides is 6. The number of urea groups is 1. The fourth-order valence-electron chi connectivity index (χ4n) is 1.99. The summed E-state index contributed by atoms with van der Waals surface area (Å²) in [6.07, 6.45) is -7.76. The Hall–Kier alpha value is -3.18. The highest BCUT2D eigenvalue weighted by Crippen LogP contribution is 2.31. The van der Waals surface area contributed by atoms with Crippen LogP contribution in [0.25, 0.3) is 0 Å². The molecule has 0 unspecified atom stereocenters. The lowest BCUT2D eigenvalue weighted by Crippen LogP contribution is -2.29. The number of anilines is 1. The standard InChI is InChI=1S/C17H15F6N3O3/c18-16(19,20)9-28-12-4-5-14(29-10-17(21,22)23)13(7-12)26-15(27)25-8-11-3-1-2-6-24-11/h1-7H,8-10H2,(H2,25,26,27). The van der Waals surface area contributed by atoms with Crippen LogP contribution < -0.4 is 20.1 Å². The Bertz CT molecular complexity index is 812. The predicted molar refractivity (Wildman–Crippen MR) is 89.6 cm³/mol. The van der Waals surface area contributed by atoms with Gasteiger partial charge in [-0.3, -0.25) is 4.98 Å². The molecule has 0 saturated carbocycles. The van der Waals surface area contributed by atoms with Crippen molar-refractivity contribution < 1.29 is 40.6 Å². The Morgan fingerprint density at radius 1 is 0.966 bits per heavy atom. The second kappa shape index (κ2) is 9.34. The maximum absolute atomic E-state index is 12.4. The highest BCUT2D eigenvalue weighted by molar-refractivity contribution is 5.91. The largest absolute Gasteiger partial charge is 0.484 e. The Morgan fingerprint density at radius 3 is 2.28 bits per heavy atom. The number of carbonyl (C=O) groups excluding carboxylic acids is 1. The molecule has 0 atom stereocenters. The van der Waals surface area contributed by atoms with Gasteiger partial charge in [-0.2, -0.15) is 26.3 Å². The quantitative estimate of drug-likeness (QED) is 0.652. The van der Waals surface area contributed by atoms with Crippen LogP contribution in [0.4, 0.5) is 36.8 Å². The van der Waals surface area contributed by atoms with Gasteiger partial charge < -0.3 is 20.1 Å². The van der Waals surface area contributed by atoms with E-state index >= 15 is 0 Å². The van der Waals surface area contributed by atoms with E-state index < -0.39 is 37.3 Å². The molecule has 2 aromatic rings. The normalized spacial score (nSPS) is 11.7. The second-order valence-corrected chi connectivity index (χ2v) is 5.59. The van der Waals surface area contributed by atoms with Gasteiger partial charge in [0.1, 0.15) is 11.5 Å². The number of ether oxygens (including phenoxy) is 2. The fourth-order valence-corrected chi connectivity index (χ4v) is 1.99. The summed E-state index contributed by atoms with van der Waals surface area (Å²) in [5.41, 5.74) is 0.214. The first-order valence-electron chi connectivity index (χ1n) is 8.00. The minimum atomic E-state index is -4.65. The number of pyridine rings is 1. The Labute approximate surface area is 160 Å². The molecule has 1 heterocycles. The van der Waals surface area contributed by atoms with Crippen LogP contribution in [0.1, 0.15) is 5.69 Å². The van der Waals surface area contributed by atoms with Crippen molar-refractivity contribution in [2.75, 3.05) is 18.5 Å². The predicted octanol–water partition coefficient (Wildman–Crippen LogP) is 4.29. The van der Waals surface area contributed by atoms with E-state index in [4.69, 9.17) is 0 Å². The van der Waals surface area contributed by atoms with Gasteiger partial charge in [-0.1, -0.05) is 6.07 Å². The van der Waals surface area contributed by atoms with Crippen molar-refractivity contribution in [3.63, 3.8) is 0 Å². The van der Waals surface area contributed by atoms with E-state index in [-0.39, 0.29) is 18.0 Å². The van der Waals surface area contributed by atoms with Crippen LogP contribution in [0.5, 0.6) is 11.5 Å². The number of rotatable bonds is 7. The molecule has 2 rings (SSSR count). The first kappa shape index (κ1) is 22.1. The molecule has 2 amide bonds. The van der Waals surface area contributed by atoms with Gasteiger partial charge in [0, 0.05) is 12.3 Å². The first-order valence-corrected chi connectivity index (χ1v) is 8.00. The molecule has 0 aliphatic rings. The number of nitrogens with one attached hydrogen (secondary N) is 2. The molecular formula is C17H15F6N3O3. The molecule has 0 saturated heterocycles. The molecule has 2 N–H and O–H groups in total. The molecule has 0 fully saturated rings. The molecule has 0 radical (unpaired) electrons. The van der Waals surface area contributed by atoms with Gasteiger partial charge >= 0.3 is 18.4 Å². The average Bonchev–Trinajstić information content (AvgIpc) is 2.63. The third kappa shape index (κ3) is 8.58.